The van der Waals surface area contributed by atoms with Gasteiger partial charge in [0.25, 0.3) is 5.91 Å². The second kappa shape index (κ2) is 17.2. The van der Waals surface area contributed by atoms with Crippen molar-refractivity contribution >= 4 is 14.2 Å². The van der Waals surface area contributed by atoms with Crippen LogP contribution in [0.25, 0.3) is 0 Å². The number of hydrogen-bond acceptors (Lipinski definition) is 5. The van der Waals surface area contributed by atoms with E-state index in [1.807, 2.05) is 0 Å². The van der Waals surface area contributed by atoms with E-state index in [0.717, 1.165) is 0 Å². The average Bonchev–Trinajstić information content (AvgIpc) is 3.08. The number of amides is 1. The van der Waals surface area contributed by atoms with Gasteiger partial charge in [0.1, 0.15) is 12.4 Å². The van der Waals surface area contributed by atoms with Crippen molar-refractivity contribution < 1.29 is 98.9 Å². The molecule has 0 aromatic heterocycles. The van der Waals surface area contributed by atoms with E-state index >= 15 is 0 Å². The van der Waals surface area contributed by atoms with Gasteiger partial charge >= 0.3 is 47.6 Å². The highest BCUT2D eigenvalue weighted by molar-refractivity contribution is 6.76. The Morgan fingerprint density at radius 2 is 1.09 bits per heavy atom. The third kappa shape index (κ3) is 9.06. The van der Waals surface area contributed by atoms with Crippen LogP contribution in [0, 0.1) is 5.92 Å². The van der Waals surface area contributed by atoms with Gasteiger partial charge in [0.05, 0.1) is 12.7 Å². The lowest BCUT2D eigenvalue weighted by atomic mass is 9.88. The molecule has 1 rings (SSSR count). The number of hydroxylamine groups is 1. The molecule has 0 bridgehead atoms. The van der Waals surface area contributed by atoms with Crippen LogP contribution in [0.2, 0.25) is 17.1 Å². The van der Waals surface area contributed by atoms with E-state index in [1.54, 1.807) is 13.8 Å². The summed E-state index contributed by atoms with van der Waals surface area (Å²) in [6.45, 7) is 8.92. The second-order valence-corrected chi connectivity index (χ2v) is 18.7. The SMILES string of the molecule is C/C(C(=O)NO)=C(/C)[C@@H](C)[C@@H](O)c1ccc(OCCO[Si](CCC(F)(F)C(F)(F)C(F)(F)C(F)(F)C(F)(F)C(F)(F)C(F)(F)C(F)(F)F)(C(C)C)C(C)C)cc1. The van der Waals surface area contributed by atoms with Gasteiger partial charge in [-0.25, -0.2) is 5.48 Å². The van der Waals surface area contributed by atoms with E-state index in [1.165, 1.54) is 64.4 Å². The minimum absolute atomic E-state index is 0.131. The van der Waals surface area contributed by atoms with E-state index in [0.29, 0.717) is 11.1 Å². The Morgan fingerprint density at radius 3 is 1.48 bits per heavy atom. The summed E-state index contributed by atoms with van der Waals surface area (Å²) in [7, 11) is -3.96. The number of aliphatic hydroxyl groups excluding tert-OH is 1. The van der Waals surface area contributed by atoms with Crippen LogP contribution in [0.3, 0.4) is 0 Å². The number of carbonyl (C=O) groups is 1. The summed E-state index contributed by atoms with van der Waals surface area (Å²) < 4.78 is 245. The number of alkyl halides is 17. The molecule has 326 valence electrons. The third-order valence-electron chi connectivity index (χ3n) is 9.71. The van der Waals surface area contributed by atoms with Crippen LogP contribution in [0.5, 0.6) is 5.75 Å². The molecule has 0 saturated carbocycles. The summed E-state index contributed by atoms with van der Waals surface area (Å²) in [4.78, 5) is 11.7. The lowest BCUT2D eigenvalue weighted by Gasteiger charge is -2.44. The Morgan fingerprint density at radius 1 is 0.679 bits per heavy atom. The molecule has 0 radical (unpaired) electrons. The molecular weight excluding hydrogens is 829 g/mol. The monoisotopic (exact) mass is 869 g/mol. The minimum Gasteiger partial charge on any atom is -0.491 e. The van der Waals surface area contributed by atoms with Crippen molar-refractivity contribution in [3.63, 3.8) is 0 Å². The molecular formula is C32H40F17NO5Si. The molecule has 3 N–H and O–H groups in total. The molecule has 0 aliphatic carbocycles. The molecule has 0 saturated heterocycles. The number of nitrogens with one attached hydrogen (secondary N) is 1. The summed E-state index contributed by atoms with van der Waals surface area (Å²) >= 11 is 0. The van der Waals surface area contributed by atoms with Crippen molar-refractivity contribution in [3.05, 3.63) is 41.0 Å². The van der Waals surface area contributed by atoms with Crippen molar-refractivity contribution in [2.24, 2.45) is 5.92 Å². The molecule has 1 aromatic carbocycles. The van der Waals surface area contributed by atoms with Crippen LogP contribution in [-0.4, -0.2) is 85.4 Å². The first kappa shape index (κ1) is 51.2. The van der Waals surface area contributed by atoms with Gasteiger partial charge in [0, 0.05) is 17.9 Å². The molecule has 24 heteroatoms. The largest absolute Gasteiger partial charge is 0.491 e. The van der Waals surface area contributed by atoms with Gasteiger partial charge in [0.2, 0.25) is 0 Å². The van der Waals surface area contributed by atoms with E-state index in [4.69, 9.17) is 14.4 Å². The zero-order chi connectivity index (χ0) is 44.5. The molecule has 56 heavy (non-hydrogen) atoms. The molecule has 1 aromatic rings. The topological polar surface area (TPSA) is 88.0 Å². The average molecular weight is 870 g/mol. The van der Waals surface area contributed by atoms with Gasteiger partial charge in [-0.2, -0.15) is 74.6 Å². The van der Waals surface area contributed by atoms with E-state index < -0.39 is 111 Å². The zero-order valence-corrected chi connectivity index (χ0v) is 31.5. The molecule has 0 fully saturated rings. The first-order chi connectivity index (χ1) is 24.9. The highest BCUT2D eigenvalue weighted by Gasteiger charge is 2.95. The smallest absolute Gasteiger partial charge is 0.460 e. The number of benzene rings is 1. The maximum absolute atomic E-state index is 14.8. The normalized spacial score (nSPS) is 16.2. The van der Waals surface area contributed by atoms with Crippen LogP contribution in [0.4, 0.5) is 74.6 Å². The van der Waals surface area contributed by atoms with E-state index in [2.05, 4.69) is 0 Å². The Balaban J connectivity index is 3.26. The fourth-order valence-electron chi connectivity index (χ4n) is 5.64. The lowest BCUT2D eigenvalue weighted by Crippen LogP contribution is -2.74. The van der Waals surface area contributed by atoms with Gasteiger partial charge in [-0.05, 0) is 48.7 Å². The molecule has 0 unspecified atom stereocenters. The predicted molar refractivity (Wildman–Crippen MR) is 166 cm³/mol. The summed E-state index contributed by atoms with van der Waals surface area (Å²) in [6.07, 6.45) is -11.5. The Bertz CT molecular complexity index is 1510. The van der Waals surface area contributed by atoms with Crippen molar-refractivity contribution in [2.75, 3.05) is 13.2 Å². The molecule has 0 aliphatic rings. The number of hydrogen-bond donors (Lipinski definition) is 3. The standard InChI is InChI=1S/C32H40F17NO5Si/c1-16(2)56(17(3)4,55-14-13-54-22-10-8-21(9-11-22)23(51)19(6)18(5)20(7)24(52)50-53)15-12-25(33,34)26(35,36)27(37,38)28(39,40)29(41,42)30(43,44)31(45,46)32(47,48)49/h8-11,16-17,19,23,51,53H,12-15H2,1-7H3,(H,50,52)/b20-18+/t19-,23-/m1/s1. The van der Waals surface area contributed by atoms with Crippen LogP contribution in [0.1, 0.15) is 66.6 Å². The molecule has 0 spiro atoms. The highest BCUT2D eigenvalue weighted by Crippen LogP contribution is 2.64. The third-order valence-corrected chi connectivity index (χ3v) is 15.4. The number of carbonyl (C=O) groups excluding carboxylic acids is 1. The summed E-state index contributed by atoms with van der Waals surface area (Å²) in [6, 6.07) is 4.27. The molecule has 1 amide bonds. The van der Waals surface area contributed by atoms with Gasteiger partial charge < -0.3 is 14.3 Å². The second-order valence-electron chi connectivity index (χ2n) is 13.7. The highest BCUT2D eigenvalue weighted by atomic mass is 28.4. The van der Waals surface area contributed by atoms with Crippen molar-refractivity contribution in [1.82, 2.24) is 5.48 Å². The van der Waals surface area contributed by atoms with E-state index in [9.17, 15) is 84.5 Å². The van der Waals surface area contributed by atoms with Gasteiger partial charge in [0.15, 0.2) is 8.32 Å². The first-order valence-electron chi connectivity index (χ1n) is 16.3. The van der Waals surface area contributed by atoms with E-state index in [-0.39, 0.29) is 11.3 Å². The molecule has 2 atom stereocenters. The summed E-state index contributed by atoms with van der Waals surface area (Å²) in [5, 5.41) is 19.6. The Labute approximate surface area is 310 Å². The number of rotatable bonds is 20. The summed E-state index contributed by atoms with van der Waals surface area (Å²) in [5.74, 6) is -58.0. The fourth-order valence-corrected chi connectivity index (χ4v) is 10.1. The predicted octanol–water partition coefficient (Wildman–Crippen LogP) is 10.8. The van der Waals surface area contributed by atoms with Crippen LogP contribution in [0.15, 0.2) is 35.4 Å². The first-order valence-corrected chi connectivity index (χ1v) is 18.6. The van der Waals surface area contributed by atoms with Gasteiger partial charge in [-0.3, -0.25) is 10.0 Å². The van der Waals surface area contributed by atoms with Gasteiger partial charge in [-0.15, -0.1) is 0 Å². The van der Waals surface area contributed by atoms with Crippen molar-refractivity contribution in [2.45, 2.75) is 126 Å². The van der Waals surface area contributed by atoms with Crippen molar-refractivity contribution in [3.8, 4) is 5.75 Å². The molecule has 6 nitrogen and oxygen atoms in total. The maximum atomic E-state index is 14.8. The molecule has 0 heterocycles. The number of ether oxygens (including phenoxy) is 1. The maximum Gasteiger partial charge on any atom is 0.460 e. The summed E-state index contributed by atoms with van der Waals surface area (Å²) in [5.41, 5.74) is 0.668. The zero-order valence-electron chi connectivity index (χ0n) is 30.5. The van der Waals surface area contributed by atoms with Crippen LogP contribution >= 0.6 is 0 Å². The Hall–Kier alpha value is -2.86. The fraction of sp³-hybridized carbons (Fsp3) is 0.719. The van der Waals surface area contributed by atoms with Crippen LogP contribution < -0.4 is 10.2 Å². The van der Waals surface area contributed by atoms with Gasteiger partial charge in [-0.1, -0.05) is 52.3 Å². The molecule has 0 aliphatic heterocycles. The quantitative estimate of drug-likeness (QED) is 0.0303. The lowest BCUT2D eigenvalue weighted by molar-refractivity contribution is -0.461. The van der Waals surface area contributed by atoms with Crippen molar-refractivity contribution in [1.29, 1.82) is 0 Å². The van der Waals surface area contributed by atoms with Crippen LogP contribution in [-0.2, 0) is 9.22 Å². The Kier molecular flexibility index (Phi) is 15.7. The number of aliphatic hydroxyl groups is 1. The number of halogens is 17. The minimum atomic E-state index is -8.69.